The van der Waals surface area contributed by atoms with Crippen LogP contribution in [0.15, 0.2) is 41.4 Å². The molecule has 1 aromatic rings. The van der Waals surface area contributed by atoms with Gasteiger partial charge in [-0.3, -0.25) is 0 Å². The molecule has 0 aliphatic carbocycles. The fraction of sp³-hybridized carbons (Fsp3) is 0.357. The van der Waals surface area contributed by atoms with Crippen molar-refractivity contribution in [3.8, 4) is 0 Å². The van der Waals surface area contributed by atoms with Crippen LogP contribution in [0.25, 0.3) is 0 Å². The molecule has 0 spiro atoms. The number of carbonyl (C=O) groups is 1. The SMILES string of the molecule is C=CCCC(C)(Nc1cccc(Br)c1)C(=O)OC. The van der Waals surface area contributed by atoms with Crippen LogP contribution in [0.1, 0.15) is 19.8 Å². The van der Waals surface area contributed by atoms with Crippen molar-refractivity contribution >= 4 is 27.6 Å². The quantitative estimate of drug-likeness (QED) is 0.642. The van der Waals surface area contributed by atoms with Gasteiger partial charge in [0.05, 0.1) is 7.11 Å². The Morgan fingerprint density at radius 1 is 1.61 bits per heavy atom. The molecule has 1 atom stereocenters. The number of methoxy groups -OCH3 is 1. The minimum Gasteiger partial charge on any atom is -0.467 e. The van der Waals surface area contributed by atoms with Gasteiger partial charge in [0.2, 0.25) is 0 Å². The Labute approximate surface area is 116 Å². The highest BCUT2D eigenvalue weighted by Gasteiger charge is 2.33. The second-order valence-electron chi connectivity index (χ2n) is 4.29. The van der Waals surface area contributed by atoms with Crippen LogP contribution >= 0.6 is 15.9 Å². The standard InChI is InChI=1S/C14H18BrNO2/c1-4-5-9-14(2,13(17)18-3)16-12-8-6-7-11(15)10-12/h4,6-8,10,16H,1,5,9H2,2-3H3. The number of rotatable bonds is 6. The predicted octanol–water partition coefficient (Wildman–Crippen LogP) is 3.76. The molecule has 4 heteroatoms. The van der Waals surface area contributed by atoms with Crippen LogP contribution in [0.5, 0.6) is 0 Å². The lowest BCUT2D eigenvalue weighted by Gasteiger charge is -2.28. The zero-order valence-electron chi connectivity index (χ0n) is 10.7. The van der Waals surface area contributed by atoms with E-state index in [2.05, 4.69) is 27.8 Å². The average Bonchev–Trinajstić information content (AvgIpc) is 2.35. The van der Waals surface area contributed by atoms with Gasteiger partial charge in [0.15, 0.2) is 0 Å². The van der Waals surface area contributed by atoms with E-state index in [1.807, 2.05) is 31.2 Å². The van der Waals surface area contributed by atoms with Gasteiger partial charge in [0.25, 0.3) is 0 Å². The van der Waals surface area contributed by atoms with E-state index in [0.717, 1.165) is 16.6 Å². The number of nitrogens with one attached hydrogen (secondary N) is 1. The molecule has 0 fully saturated rings. The van der Waals surface area contributed by atoms with Crippen molar-refractivity contribution in [1.29, 1.82) is 0 Å². The van der Waals surface area contributed by atoms with Crippen LogP contribution in [0, 0.1) is 0 Å². The molecule has 0 radical (unpaired) electrons. The third kappa shape index (κ3) is 3.88. The highest BCUT2D eigenvalue weighted by molar-refractivity contribution is 9.10. The fourth-order valence-electron chi connectivity index (χ4n) is 1.72. The maximum absolute atomic E-state index is 11.9. The largest absolute Gasteiger partial charge is 0.467 e. The number of carbonyl (C=O) groups excluding carboxylic acids is 1. The lowest BCUT2D eigenvalue weighted by Crippen LogP contribution is -2.44. The lowest BCUT2D eigenvalue weighted by atomic mass is 9.95. The smallest absolute Gasteiger partial charge is 0.331 e. The Hall–Kier alpha value is -1.29. The first-order valence-electron chi connectivity index (χ1n) is 5.75. The normalized spacial score (nSPS) is 13.5. The molecule has 1 rings (SSSR count). The number of esters is 1. The molecule has 0 bridgehead atoms. The molecule has 0 saturated carbocycles. The van der Waals surface area contributed by atoms with E-state index in [-0.39, 0.29) is 5.97 Å². The highest BCUT2D eigenvalue weighted by atomic mass is 79.9. The highest BCUT2D eigenvalue weighted by Crippen LogP contribution is 2.24. The number of ether oxygens (including phenoxy) is 1. The predicted molar refractivity (Wildman–Crippen MR) is 77.6 cm³/mol. The first-order chi connectivity index (χ1) is 8.51. The minimum atomic E-state index is -0.746. The van der Waals surface area contributed by atoms with Crippen LogP contribution in [0.3, 0.4) is 0 Å². The number of benzene rings is 1. The summed E-state index contributed by atoms with van der Waals surface area (Å²) in [5, 5.41) is 3.23. The van der Waals surface area contributed by atoms with Crippen molar-refractivity contribution in [3.05, 3.63) is 41.4 Å². The summed E-state index contributed by atoms with van der Waals surface area (Å²) in [6.45, 7) is 5.52. The minimum absolute atomic E-state index is 0.274. The number of anilines is 1. The van der Waals surface area contributed by atoms with E-state index in [9.17, 15) is 4.79 Å². The van der Waals surface area contributed by atoms with E-state index in [0.29, 0.717) is 6.42 Å². The van der Waals surface area contributed by atoms with E-state index in [1.54, 1.807) is 6.08 Å². The van der Waals surface area contributed by atoms with Gasteiger partial charge < -0.3 is 10.1 Å². The maximum atomic E-state index is 11.9. The molecule has 0 heterocycles. The molecule has 3 nitrogen and oxygen atoms in total. The number of hydrogen-bond acceptors (Lipinski definition) is 3. The lowest BCUT2D eigenvalue weighted by molar-refractivity contribution is -0.145. The van der Waals surface area contributed by atoms with Crippen LogP contribution in [-0.4, -0.2) is 18.6 Å². The van der Waals surface area contributed by atoms with Crippen molar-refractivity contribution in [1.82, 2.24) is 0 Å². The van der Waals surface area contributed by atoms with Gasteiger partial charge in [-0.2, -0.15) is 0 Å². The van der Waals surface area contributed by atoms with Crippen molar-refractivity contribution in [2.24, 2.45) is 0 Å². The summed E-state index contributed by atoms with van der Waals surface area (Å²) in [5.74, 6) is -0.274. The summed E-state index contributed by atoms with van der Waals surface area (Å²) >= 11 is 3.40. The molecule has 0 saturated heterocycles. The number of allylic oxidation sites excluding steroid dienone is 1. The second kappa shape index (κ2) is 6.59. The van der Waals surface area contributed by atoms with Gasteiger partial charge in [0.1, 0.15) is 5.54 Å². The van der Waals surface area contributed by atoms with Crippen LogP contribution in [-0.2, 0) is 9.53 Å². The van der Waals surface area contributed by atoms with Gasteiger partial charge >= 0.3 is 5.97 Å². The molecule has 1 aromatic carbocycles. The van der Waals surface area contributed by atoms with Crippen LogP contribution < -0.4 is 5.32 Å². The first-order valence-corrected chi connectivity index (χ1v) is 6.54. The first kappa shape index (κ1) is 14.8. The van der Waals surface area contributed by atoms with Gasteiger partial charge in [-0.05, 0) is 38.0 Å². The third-order valence-corrected chi connectivity index (χ3v) is 3.22. The van der Waals surface area contributed by atoms with Crippen LogP contribution in [0.2, 0.25) is 0 Å². The summed E-state index contributed by atoms with van der Waals surface area (Å²) in [4.78, 5) is 11.9. The Morgan fingerprint density at radius 3 is 2.89 bits per heavy atom. The summed E-state index contributed by atoms with van der Waals surface area (Å²) in [6.07, 6.45) is 3.17. The van der Waals surface area contributed by atoms with Gasteiger partial charge in [-0.25, -0.2) is 4.79 Å². The molecular weight excluding hydrogens is 294 g/mol. The monoisotopic (exact) mass is 311 g/mol. The number of hydrogen-bond donors (Lipinski definition) is 1. The zero-order valence-corrected chi connectivity index (χ0v) is 12.3. The Balaban J connectivity index is 2.90. The Bertz CT molecular complexity index is 434. The van der Waals surface area contributed by atoms with E-state index in [4.69, 9.17) is 4.74 Å². The van der Waals surface area contributed by atoms with Gasteiger partial charge in [0, 0.05) is 10.2 Å². The summed E-state index contributed by atoms with van der Waals surface area (Å²) in [6, 6.07) is 7.69. The zero-order chi connectivity index (χ0) is 13.6. The third-order valence-electron chi connectivity index (χ3n) is 2.73. The van der Waals surface area contributed by atoms with Gasteiger partial charge in [-0.15, -0.1) is 6.58 Å². The molecule has 0 aliphatic heterocycles. The fourth-order valence-corrected chi connectivity index (χ4v) is 2.12. The molecule has 98 valence electrons. The van der Waals surface area contributed by atoms with E-state index < -0.39 is 5.54 Å². The van der Waals surface area contributed by atoms with E-state index >= 15 is 0 Å². The van der Waals surface area contributed by atoms with E-state index in [1.165, 1.54) is 7.11 Å². The summed E-state index contributed by atoms with van der Waals surface area (Å²) < 4.78 is 5.83. The Morgan fingerprint density at radius 2 is 2.33 bits per heavy atom. The summed E-state index contributed by atoms with van der Waals surface area (Å²) in [5.41, 5.74) is 0.130. The number of halogens is 1. The molecule has 0 amide bonds. The maximum Gasteiger partial charge on any atom is 0.331 e. The van der Waals surface area contributed by atoms with Crippen molar-refractivity contribution < 1.29 is 9.53 Å². The molecule has 1 unspecified atom stereocenters. The topological polar surface area (TPSA) is 38.3 Å². The molecule has 0 aromatic heterocycles. The van der Waals surface area contributed by atoms with Crippen LogP contribution in [0.4, 0.5) is 5.69 Å². The van der Waals surface area contributed by atoms with Crippen molar-refractivity contribution in [3.63, 3.8) is 0 Å². The van der Waals surface area contributed by atoms with Crippen molar-refractivity contribution in [2.75, 3.05) is 12.4 Å². The average molecular weight is 312 g/mol. The molecule has 1 N–H and O–H groups in total. The van der Waals surface area contributed by atoms with Gasteiger partial charge in [-0.1, -0.05) is 28.1 Å². The summed E-state index contributed by atoms with van der Waals surface area (Å²) in [7, 11) is 1.40. The molecular formula is C14H18BrNO2. The Kier molecular flexibility index (Phi) is 5.41. The second-order valence-corrected chi connectivity index (χ2v) is 5.20. The molecule has 0 aliphatic rings. The van der Waals surface area contributed by atoms with Crippen molar-refractivity contribution in [2.45, 2.75) is 25.3 Å². The molecule has 18 heavy (non-hydrogen) atoms.